The number of ether oxygens (including phenoxy) is 5. The Kier molecular flexibility index (Phi) is 7.76. The second-order valence-electron chi connectivity index (χ2n) is 11.6. The van der Waals surface area contributed by atoms with Gasteiger partial charge in [-0.3, -0.25) is 14.4 Å². The molecular formula is C30H35NO12. The van der Waals surface area contributed by atoms with Crippen LogP contribution in [0.5, 0.6) is 11.5 Å². The maximum absolute atomic E-state index is 13.2. The van der Waals surface area contributed by atoms with Crippen LogP contribution in [0, 0.1) is 0 Å². The van der Waals surface area contributed by atoms with Crippen molar-refractivity contribution >= 4 is 29.7 Å². The largest absolute Gasteiger partial charge is 0.504 e. The maximum atomic E-state index is 13.2. The third kappa shape index (κ3) is 4.93. The lowest BCUT2D eigenvalue weighted by Gasteiger charge is -2.61. The predicted octanol–water partition coefficient (Wildman–Crippen LogP) is 0.987. The van der Waals surface area contributed by atoms with Crippen molar-refractivity contribution in [1.29, 1.82) is 0 Å². The molecule has 0 radical (unpaired) electrons. The van der Waals surface area contributed by atoms with E-state index in [4.69, 9.17) is 23.7 Å². The van der Waals surface area contributed by atoms with Gasteiger partial charge in [-0.05, 0) is 64.9 Å². The summed E-state index contributed by atoms with van der Waals surface area (Å²) in [6, 6.07) is 3.13. The molecule has 2 aliphatic carbocycles. The van der Waals surface area contributed by atoms with Crippen LogP contribution in [0.15, 0.2) is 24.0 Å². The smallest absolute Gasteiger partial charge is 0.348 e. The molecule has 1 spiro atoms. The lowest BCUT2D eigenvalue weighted by molar-refractivity contribution is -0.181. The minimum absolute atomic E-state index is 0.0871. The van der Waals surface area contributed by atoms with E-state index >= 15 is 0 Å². The number of esters is 4. The summed E-state index contributed by atoms with van der Waals surface area (Å²) in [5.41, 5.74) is -0.599. The molecule has 4 aliphatic rings. The van der Waals surface area contributed by atoms with Crippen LogP contribution in [0.4, 0.5) is 0 Å². The molecule has 13 heteroatoms. The van der Waals surface area contributed by atoms with Gasteiger partial charge in [0.25, 0.3) is 0 Å². The van der Waals surface area contributed by atoms with Crippen molar-refractivity contribution < 1.29 is 57.9 Å². The van der Waals surface area contributed by atoms with Crippen molar-refractivity contribution in [2.75, 3.05) is 13.6 Å². The van der Waals surface area contributed by atoms with Gasteiger partial charge in [0.1, 0.15) is 5.76 Å². The monoisotopic (exact) mass is 601 g/mol. The Morgan fingerprint density at radius 3 is 2.44 bits per heavy atom. The SMILES string of the molecule is CC(=O)O[C@@H](CC(=O)OC1=CC[C@@]2(O)[C@H]3Cc4ccc(O)c5c4[C@@]2(CCN3C)[C@H]1O5)C(=O)O[C@@H](C)C(=O)O[C@@H](C)C(C)=O. The summed E-state index contributed by atoms with van der Waals surface area (Å²) >= 11 is 0. The minimum Gasteiger partial charge on any atom is -0.504 e. The number of aromatic hydroxyl groups is 1. The summed E-state index contributed by atoms with van der Waals surface area (Å²) in [5, 5.41) is 22.9. The topological polar surface area (TPSA) is 175 Å². The van der Waals surface area contributed by atoms with Crippen molar-refractivity contribution in [3.05, 3.63) is 35.1 Å². The van der Waals surface area contributed by atoms with Crippen LogP contribution in [0.25, 0.3) is 0 Å². The molecule has 1 fully saturated rings. The molecule has 0 amide bonds. The first-order valence-corrected chi connectivity index (χ1v) is 14.1. The lowest BCUT2D eigenvalue weighted by Crippen LogP contribution is -2.74. The van der Waals surface area contributed by atoms with E-state index in [2.05, 4.69) is 4.90 Å². The second-order valence-corrected chi connectivity index (χ2v) is 11.6. The molecule has 2 bridgehead atoms. The van der Waals surface area contributed by atoms with Crippen LogP contribution in [0.1, 0.15) is 58.1 Å². The number of phenols is 1. The number of piperidine rings is 1. The number of Topliss-reactive ketones (excluding diaryl/α,β-unsaturated/α-hetero) is 1. The Balaban J connectivity index is 1.34. The number of hydrogen-bond donors (Lipinski definition) is 2. The number of carbonyl (C=O) groups is 5. The lowest BCUT2D eigenvalue weighted by atomic mass is 9.50. The molecule has 2 N–H and O–H groups in total. The van der Waals surface area contributed by atoms with Gasteiger partial charge in [-0.15, -0.1) is 0 Å². The van der Waals surface area contributed by atoms with E-state index in [-0.39, 0.29) is 29.7 Å². The van der Waals surface area contributed by atoms with Crippen LogP contribution in [-0.4, -0.2) is 94.4 Å². The average molecular weight is 602 g/mol. The first-order chi connectivity index (χ1) is 20.2. The van der Waals surface area contributed by atoms with Crippen LogP contribution in [0.3, 0.4) is 0 Å². The third-order valence-corrected chi connectivity index (χ3v) is 9.00. The molecular weight excluding hydrogens is 566 g/mol. The van der Waals surface area contributed by atoms with Gasteiger partial charge in [0, 0.05) is 24.9 Å². The zero-order chi connectivity index (χ0) is 31.4. The van der Waals surface area contributed by atoms with E-state index in [0.29, 0.717) is 24.9 Å². The van der Waals surface area contributed by atoms with Crippen LogP contribution in [-0.2, 0) is 54.8 Å². The highest BCUT2D eigenvalue weighted by atomic mass is 16.6. The Hall–Kier alpha value is -3.97. The fourth-order valence-corrected chi connectivity index (χ4v) is 6.79. The fraction of sp³-hybridized carbons (Fsp3) is 0.567. The van der Waals surface area contributed by atoms with Gasteiger partial charge in [0.15, 0.2) is 35.6 Å². The number of nitrogens with zero attached hydrogens (tertiary/aromatic N) is 1. The quantitative estimate of drug-likeness (QED) is 0.303. The highest BCUT2D eigenvalue weighted by Gasteiger charge is 2.72. The number of aliphatic hydroxyl groups is 1. The number of likely N-dealkylation sites (tertiary alicyclic amines) is 1. The molecule has 0 unspecified atom stereocenters. The molecule has 1 aromatic carbocycles. The Labute approximate surface area is 247 Å². The van der Waals surface area contributed by atoms with E-state index < -0.39 is 71.5 Å². The Morgan fingerprint density at radius 2 is 1.77 bits per heavy atom. The maximum Gasteiger partial charge on any atom is 0.348 e. The summed E-state index contributed by atoms with van der Waals surface area (Å²) in [4.78, 5) is 63.4. The number of benzene rings is 1. The number of hydrogen-bond acceptors (Lipinski definition) is 13. The summed E-state index contributed by atoms with van der Waals surface area (Å²) in [7, 11) is 1.95. The van der Waals surface area contributed by atoms with Gasteiger partial charge < -0.3 is 38.8 Å². The third-order valence-electron chi connectivity index (χ3n) is 9.00. The first-order valence-electron chi connectivity index (χ1n) is 14.1. The predicted molar refractivity (Wildman–Crippen MR) is 145 cm³/mol. The highest BCUT2D eigenvalue weighted by Crippen LogP contribution is 2.65. The van der Waals surface area contributed by atoms with Gasteiger partial charge in [-0.2, -0.15) is 0 Å². The van der Waals surface area contributed by atoms with Crippen LogP contribution >= 0.6 is 0 Å². The zero-order valence-corrected chi connectivity index (χ0v) is 24.6. The van der Waals surface area contributed by atoms with Gasteiger partial charge in [-0.25, -0.2) is 9.59 Å². The molecule has 13 nitrogen and oxygen atoms in total. The normalized spacial score (nSPS) is 28.7. The van der Waals surface area contributed by atoms with Gasteiger partial charge in [0.05, 0.1) is 17.4 Å². The van der Waals surface area contributed by atoms with Crippen molar-refractivity contribution in [3.63, 3.8) is 0 Å². The van der Waals surface area contributed by atoms with Crippen LogP contribution in [0.2, 0.25) is 0 Å². The highest BCUT2D eigenvalue weighted by molar-refractivity contribution is 5.88. The standard InChI is InChI=1S/C30H35NO12/c1-14(32)15(2)39-27(36)16(3)40-28(37)21(41-17(4)33)13-23(35)42-20-8-9-30(38)22-12-18-6-7-19(34)25-24(18)29(30,26(20)43-25)10-11-31(22)5/h6-8,15-16,21-22,26,34,38H,9-13H2,1-5H3/t15-,16-,21-,22+,26-,29-,30+/m0/s1. The number of phenolic OH excluding ortho intramolecular Hbond substituents is 1. The number of carbonyl (C=O) groups excluding carboxylic acids is 5. The first kappa shape index (κ1) is 30.5. The van der Waals surface area contributed by atoms with E-state index in [1.54, 1.807) is 12.1 Å². The number of rotatable bonds is 9. The molecule has 2 aliphatic heterocycles. The molecule has 0 aromatic heterocycles. The minimum atomic E-state index is -1.75. The number of ketones is 1. The molecule has 0 saturated carbocycles. The van der Waals surface area contributed by atoms with Crippen molar-refractivity contribution in [1.82, 2.24) is 4.90 Å². The van der Waals surface area contributed by atoms with Crippen molar-refractivity contribution in [2.45, 2.75) is 94.9 Å². The van der Waals surface area contributed by atoms with E-state index in [0.717, 1.165) is 12.5 Å². The Morgan fingerprint density at radius 1 is 1.07 bits per heavy atom. The van der Waals surface area contributed by atoms with Crippen molar-refractivity contribution in [3.8, 4) is 11.5 Å². The molecule has 43 heavy (non-hydrogen) atoms. The molecule has 1 aromatic rings. The Bertz CT molecular complexity index is 1420. The van der Waals surface area contributed by atoms with Crippen LogP contribution < -0.4 is 4.74 Å². The van der Waals surface area contributed by atoms with Gasteiger partial charge in [0.2, 0.25) is 6.10 Å². The molecule has 5 rings (SSSR count). The van der Waals surface area contributed by atoms with E-state index in [9.17, 15) is 34.2 Å². The molecule has 1 saturated heterocycles. The fourth-order valence-electron chi connectivity index (χ4n) is 6.79. The van der Waals surface area contributed by atoms with Gasteiger partial charge in [-0.1, -0.05) is 6.07 Å². The summed E-state index contributed by atoms with van der Waals surface area (Å²) in [6.45, 7) is 5.47. The molecule has 7 atom stereocenters. The second kappa shape index (κ2) is 10.9. The molecule has 2 heterocycles. The van der Waals surface area contributed by atoms with Gasteiger partial charge >= 0.3 is 23.9 Å². The van der Waals surface area contributed by atoms with E-state index in [1.807, 2.05) is 13.1 Å². The van der Waals surface area contributed by atoms with Crippen molar-refractivity contribution in [2.24, 2.45) is 0 Å². The molecule has 232 valence electrons. The summed E-state index contributed by atoms with van der Waals surface area (Å²) in [5.74, 6) is -4.18. The van der Waals surface area contributed by atoms with E-state index in [1.165, 1.54) is 20.8 Å². The average Bonchev–Trinajstić information content (AvgIpc) is 3.29. The summed E-state index contributed by atoms with van der Waals surface area (Å²) in [6.07, 6.45) is -3.20. The summed E-state index contributed by atoms with van der Waals surface area (Å²) < 4.78 is 27.0. The number of likely N-dealkylation sites (N-methyl/N-ethyl adjacent to an activating group) is 1. The zero-order valence-electron chi connectivity index (χ0n) is 24.6.